The van der Waals surface area contributed by atoms with Gasteiger partial charge in [-0.2, -0.15) is 5.10 Å². The fourth-order valence-corrected chi connectivity index (χ4v) is 2.96. The topological polar surface area (TPSA) is 25.8 Å². The van der Waals surface area contributed by atoms with Gasteiger partial charge in [0.15, 0.2) is 0 Å². The summed E-state index contributed by atoms with van der Waals surface area (Å²) in [6.07, 6.45) is 8.85. The summed E-state index contributed by atoms with van der Waals surface area (Å²) < 4.78 is 0. The summed E-state index contributed by atoms with van der Waals surface area (Å²) in [5.74, 6) is 7.62. The molecule has 0 bridgehead atoms. The van der Waals surface area contributed by atoms with Crippen LogP contribution < -0.4 is 0 Å². The first-order chi connectivity index (χ1) is 9.33. The molecule has 0 aliphatic heterocycles. The van der Waals surface area contributed by atoms with Crippen LogP contribution >= 0.6 is 0 Å². The Morgan fingerprint density at radius 3 is 2.47 bits per heavy atom. The van der Waals surface area contributed by atoms with Gasteiger partial charge in [0.05, 0.1) is 5.69 Å². The van der Waals surface area contributed by atoms with Crippen molar-refractivity contribution in [2.24, 2.45) is 5.92 Å². The van der Waals surface area contributed by atoms with Crippen LogP contribution in [0.1, 0.15) is 76.1 Å². The van der Waals surface area contributed by atoms with Gasteiger partial charge >= 0.3 is 0 Å². The van der Waals surface area contributed by atoms with Crippen molar-refractivity contribution in [2.45, 2.75) is 64.7 Å². The zero-order valence-corrected chi connectivity index (χ0v) is 12.2. The predicted octanol–water partition coefficient (Wildman–Crippen LogP) is 4.31. The van der Waals surface area contributed by atoms with E-state index in [1.165, 1.54) is 38.5 Å². The maximum Gasteiger partial charge on any atom is 0.135 e. The summed E-state index contributed by atoms with van der Waals surface area (Å²) in [6, 6.07) is 4.14. The van der Waals surface area contributed by atoms with Crippen LogP contribution in [0.15, 0.2) is 12.1 Å². The van der Waals surface area contributed by atoms with Crippen LogP contribution in [0.3, 0.4) is 0 Å². The monoisotopic (exact) mass is 256 g/mol. The largest absolute Gasteiger partial charge is 0.154 e. The molecule has 0 N–H and O–H groups in total. The molecular formula is C17H24N2. The fourth-order valence-electron chi connectivity index (χ4n) is 2.96. The SMILES string of the molecule is CCC#Cc1ccc([C@H]2CC[C@H](CCC)CC2)nn1. The van der Waals surface area contributed by atoms with Crippen LogP contribution in [-0.4, -0.2) is 10.2 Å². The van der Waals surface area contributed by atoms with Gasteiger partial charge in [-0.05, 0) is 49.7 Å². The van der Waals surface area contributed by atoms with Gasteiger partial charge in [0, 0.05) is 12.3 Å². The minimum atomic E-state index is 0.619. The lowest BCUT2D eigenvalue weighted by molar-refractivity contribution is 0.304. The molecule has 2 nitrogen and oxygen atoms in total. The number of aromatic nitrogens is 2. The van der Waals surface area contributed by atoms with E-state index in [9.17, 15) is 0 Å². The zero-order valence-electron chi connectivity index (χ0n) is 12.2. The Bertz CT molecular complexity index is 431. The second-order valence-corrected chi connectivity index (χ2v) is 5.51. The Morgan fingerprint density at radius 2 is 1.89 bits per heavy atom. The van der Waals surface area contributed by atoms with Crippen LogP contribution in [0.25, 0.3) is 0 Å². The number of nitrogens with zero attached hydrogens (tertiary/aromatic N) is 2. The zero-order chi connectivity index (χ0) is 13.5. The quantitative estimate of drug-likeness (QED) is 0.753. The van der Waals surface area contributed by atoms with Gasteiger partial charge in [-0.3, -0.25) is 0 Å². The van der Waals surface area contributed by atoms with Crippen LogP contribution in [0.2, 0.25) is 0 Å². The lowest BCUT2D eigenvalue weighted by Gasteiger charge is -2.27. The molecule has 0 amide bonds. The van der Waals surface area contributed by atoms with Crippen molar-refractivity contribution in [1.29, 1.82) is 0 Å². The van der Waals surface area contributed by atoms with Gasteiger partial charge in [-0.1, -0.05) is 32.6 Å². The highest BCUT2D eigenvalue weighted by molar-refractivity contribution is 5.27. The molecular weight excluding hydrogens is 232 g/mol. The highest BCUT2D eigenvalue weighted by Crippen LogP contribution is 2.36. The minimum absolute atomic E-state index is 0.619. The van der Waals surface area contributed by atoms with Crippen molar-refractivity contribution in [3.05, 3.63) is 23.5 Å². The Hall–Kier alpha value is -1.36. The predicted molar refractivity (Wildman–Crippen MR) is 78.8 cm³/mol. The minimum Gasteiger partial charge on any atom is -0.154 e. The summed E-state index contributed by atoms with van der Waals surface area (Å²) in [5, 5.41) is 8.60. The number of hydrogen-bond acceptors (Lipinski definition) is 2. The Kier molecular flexibility index (Phi) is 5.39. The maximum atomic E-state index is 4.37. The van der Waals surface area contributed by atoms with E-state index in [1.54, 1.807) is 0 Å². The van der Waals surface area contributed by atoms with Gasteiger partial charge in [0.1, 0.15) is 5.69 Å². The highest BCUT2D eigenvalue weighted by atomic mass is 15.1. The van der Waals surface area contributed by atoms with Gasteiger partial charge in [-0.25, -0.2) is 0 Å². The Labute approximate surface area is 117 Å². The van der Waals surface area contributed by atoms with E-state index < -0.39 is 0 Å². The number of rotatable bonds is 3. The lowest BCUT2D eigenvalue weighted by atomic mass is 9.79. The van der Waals surface area contributed by atoms with Gasteiger partial charge < -0.3 is 0 Å². The summed E-state index contributed by atoms with van der Waals surface area (Å²) in [4.78, 5) is 0. The van der Waals surface area contributed by atoms with Crippen LogP contribution in [-0.2, 0) is 0 Å². The first-order valence-electron chi connectivity index (χ1n) is 7.66. The maximum absolute atomic E-state index is 4.37. The molecule has 0 unspecified atom stereocenters. The average molecular weight is 256 g/mol. The molecule has 1 saturated carbocycles. The molecule has 2 heteroatoms. The molecule has 0 saturated heterocycles. The van der Waals surface area contributed by atoms with E-state index in [0.29, 0.717) is 5.92 Å². The smallest absolute Gasteiger partial charge is 0.135 e. The molecule has 102 valence electrons. The molecule has 0 atom stereocenters. The van der Waals surface area contributed by atoms with Crippen molar-refractivity contribution in [3.8, 4) is 11.8 Å². The van der Waals surface area contributed by atoms with Crippen molar-refractivity contribution >= 4 is 0 Å². The van der Waals surface area contributed by atoms with Crippen LogP contribution in [0, 0.1) is 17.8 Å². The average Bonchev–Trinajstić information content (AvgIpc) is 2.47. The van der Waals surface area contributed by atoms with E-state index in [1.807, 2.05) is 13.0 Å². The standard InChI is InChI=1S/C17H24N2/c1-3-5-7-16-12-13-17(19-18-16)15-10-8-14(6-4-2)9-11-15/h12-15H,3-4,6,8-11H2,1-2H3/t14-,15-. The van der Waals surface area contributed by atoms with E-state index in [0.717, 1.165) is 23.7 Å². The van der Waals surface area contributed by atoms with E-state index in [4.69, 9.17) is 0 Å². The Balaban J connectivity index is 1.92. The highest BCUT2D eigenvalue weighted by Gasteiger charge is 2.22. The molecule has 0 aromatic carbocycles. The first-order valence-corrected chi connectivity index (χ1v) is 7.66. The molecule has 1 aliphatic carbocycles. The normalized spacial score (nSPS) is 22.6. The molecule has 1 aliphatic rings. The van der Waals surface area contributed by atoms with Crippen molar-refractivity contribution in [1.82, 2.24) is 10.2 Å². The summed E-state index contributed by atoms with van der Waals surface area (Å²) in [5.41, 5.74) is 1.96. The summed E-state index contributed by atoms with van der Waals surface area (Å²) >= 11 is 0. The van der Waals surface area contributed by atoms with Crippen LogP contribution in [0.5, 0.6) is 0 Å². The molecule has 2 rings (SSSR count). The molecule has 1 aromatic rings. The summed E-state index contributed by atoms with van der Waals surface area (Å²) in [6.45, 7) is 4.33. The third-order valence-electron chi connectivity index (χ3n) is 4.04. The fraction of sp³-hybridized carbons (Fsp3) is 0.647. The molecule has 0 spiro atoms. The van der Waals surface area contributed by atoms with E-state index in [-0.39, 0.29) is 0 Å². The van der Waals surface area contributed by atoms with Gasteiger partial charge in [-0.15, -0.1) is 5.10 Å². The van der Waals surface area contributed by atoms with Crippen LogP contribution in [0.4, 0.5) is 0 Å². The second-order valence-electron chi connectivity index (χ2n) is 5.51. The molecule has 0 radical (unpaired) electrons. The van der Waals surface area contributed by atoms with E-state index in [2.05, 4.69) is 35.0 Å². The van der Waals surface area contributed by atoms with Crippen molar-refractivity contribution in [3.63, 3.8) is 0 Å². The first kappa shape index (κ1) is 14.1. The van der Waals surface area contributed by atoms with E-state index >= 15 is 0 Å². The third kappa shape index (κ3) is 4.06. The Morgan fingerprint density at radius 1 is 1.11 bits per heavy atom. The third-order valence-corrected chi connectivity index (χ3v) is 4.04. The van der Waals surface area contributed by atoms with Crippen molar-refractivity contribution < 1.29 is 0 Å². The lowest BCUT2D eigenvalue weighted by Crippen LogP contribution is -2.14. The molecule has 1 fully saturated rings. The number of hydrogen-bond donors (Lipinski definition) is 0. The second kappa shape index (κ2) is 7.28. The molecule has 1 aromatic heterocycles. The molecule has 19 heavy (non-hydrogen) atoms. The van der Waals surface area contributed by atoms with Gasteiger partial charge in [0.25, 0.3) is 0 Å². The van der Waals surface area contributed by atoms with Gasteiger partial charge in [0.2, 0.25) is 0 Å². The molecule has 1 heterocycles. The van der Waals surface area contributed by atoms with Crippen molar-refractivity contribution in [2.75, 3.05) is 0 Å². The summed E-state index contributed by atoms with van der Waals surface area (Å²) in [7, 11) is 0.